The van der Waals surface area contributed by atoms with Crippen LogP contribution in [0.4, 0.5) is 79.0 Å². The Labute approximate surface area is 255 Å². The van der Waals surface area contributed by atoms with Crippen molar-refractivity contribution in [2.75, 3.05) is 13.1 Å². The first kappa shape index (κ1) is 39.8. The molecule has 4 nitrogen and oxygen atoms in total. The van der Waals surface area contributed by atoms with Crippen molar-refractivity contribution in [2.24, 2.45) is 0 Å². The molecule has 0 heterocycles. The summed E-state index contributed by atoms with van der Waals surface area (Å²) in [5.41, 5.74) is -13.7. The van der Waals surface area contributed by atoms with Gasteiger partial charge < -0.3 is 10.6 Å². The second-order valence-corrected chi connectivity index (χ2v) is 9.28. The second-order valence-electron chi connectivity index (χ2n) is 9.28. The molecule has 0 bridgehead atoms. The first-order valence-electron chi connectivity index (χ1n) is 12.1. The number of carbonyl (C=O) groups is 2. The van der Waals surface area contributed by atoms with Crippen LogP contribution in [0.15, 0.2) is 48.6 Å². The molecule has 2 N–H and O–H groups in total. The van der Waals surface area contributed by atoms with E-state index in [9.17, 15) is 88.6 Å². The van der Waals surface area contributed by atoms with E-state index in [1.807, 2.05) is 0 Å². The van der Waals surface area contributed by atoms with Crippen molar-refractivity contribution in [1.29, 1.82) is 0 Å². The minimum atomic E-state index is -5.74. The van der Waals surface area contributed by atoms with E-state index < -0.39 is 131 Å². The van der Waals surface area contributed by atoms with Crippen LogP contribution in [0.1, 0.15) is 33.4 Å². The van der Waals surface area contributed by atoms with Gasteiger partial charge >= 0.3 is 37.1 Å². The van der Waals surface area contributed by atoms with Gasteiger partial charge in [-0.1, -0.05) is 0 Å². The van der Waals surface area contributed by atoms with Crippen molar-refractivity contribution >= 4 is 23.0 Å². The van der Waals surface area contributed by atoms with Gasteiger partial charge in [-0.05, 0) is 47.5 Å². The molecular formula is C26H14F18N2O2. The van der Waals surface area contributed by atoms with E-state index in [1.165, 1.54) is 0 Å². The first-order chi connectivity index (χ1) is 21.4. The van der Waals surface area contributed by atoms with Crippen LogP contribution in [0.5, 0.6) is 0 Å². The lowest BCUT2D eigenvalue weighted by Crippen LogP contribution is -2.29. The van der Waals surface area contributed by atoms with Gasteiger partial charge in [0.1, 0.15) is 0 Å². The molecule has 0 saturated heterocycles. The fraction of sp³-hybridized carbons (Fsp3) is 0.308. The van der Waals surface area contributed by atoms with Gasteiger partial charge in [0.2, 0.25) is 0 Å². The molecule has 266 valence electrons. The summed E-state index contributed by atoms with van der Waals surface area (Å²) in [6, 6.07) is -1.29. The molecular weight excluding hydrogens is 714 g/mol. The molecule has 22 heteroatoms. The van der Waals surface area contributed by atoms with Crippen LogP contribution in [0.2, 0.25) is 0 Å². The highest BCUT2D eigenvalue weighted by molar-refractivity contribution is 6.01. The van der Waals surface area contributed by atoms with Crippen LogP contribution in [0.3, 0.4) is 0 Å². The molecule has 0 aliphatic carbocycles. The third-order valence-electron chi connectivity index (χ3n) is 5.66. The maximum atomic E-state index is 13.3. The summed E-state index contributed by atoms with van der Waals surface area (Å²) in [6.45, 7) is -2.20. The van der Waals surface area contributed by atoms with E-state index in [1.54, 1.807) is 10.6 Å². The molecule has 0 fully saturated rings. The number of allylic oxidation sites excluding steroid dienone is 2. The third kappa shape index (κ3) is 11.1. The van der Waals surface area contributed by atoms with Gasteiger partial charge in [-0.2, -0.15) is 79.0 Å². The number of alkyl halides is 18. The molecule has 2 aromatic carbocycles. The van der Waals surface area contributed by atoms with Crippen molar-refractivity contribution in [3.05, 3.63) is 81.9 Å². The van der Waals surface area contributed by atoms with Crippen LogP contribution in [0, 0.1) is 0 Å². The smallest absolute Gasteiger partial charge is 0.383 e. The van der Waals surface area contributed by atoms with E-state index in [-0.39, 0.29) is 24.3 Å². The zero-order valence-corrected chi connectivity index (χ0v) is 22.7. The number of rotatable bonds is 9. The van der Waals surface area contributed by atoms with Crippen molar-refractivity contribution in [3.63, 3.8) is 0 Å². The van der Waals surface area contributed by atoms with E-state index in [0.29, 0.717) is 0 Å². The minimum Gasteiger partial charge on any atom is -0.383 e. The largest absolute Gasteiger partial charge is 0.454 e. The van der Waals surface area contributed by atoms with Crippen LogP contribution >= 0.6 is 0 Å². The molecule has 2 rings (SSSR count). The quantitative estimate of drug-likeness (QED) is 0.154. The molecule has 0 spiro atoms. The topological polar surface area (TPSA) is 58.2 Å². The van der Waals surface area contributed by atoms with Gasteiger partial charge in [0.15, 0.2) is 0 Å². The average Bonchev–Trinajstić information content (AvgIpc) is 2.90. The van der Waals surface area contributed by atoms with Crippen LogP contribution in [-0.2, 0) is 34.3 Å². The molecule has 0 aromatic heterocycles. The minimum absolute atomic E-state index is 0.111. The Morgan fingerprint density at radius 3 is 0.854 bits per heavy atom. The fourth-order valence-electron chi connectivity index (χ4n) is 3.51. The Morgan fingerprint density at radius 1 is 0.438 bits per heavy atom. The van der Waals surface area contributed by atoms with Crippen LogP contribution in [0.25, 0.3) is 11.4 Å². The van der Waals surface area contributed by atoms with Gasteiger partial charge in [0.05, 0.1) is 22.3 Å². The number of hydrogen-bond donors (Lipinski definition) is 2. The summed E-state index contributed by atoms with van der Waals surface area (Å²) in [7, 11) is 0. The number of carbonyl (C=O) groups excluding carboxylic acids is 2. The highest BCUT2D eigenvalue weighted by Crippen LogP contribution is 2.39. The predicted octanol–water partition coefficient (Wildman–Crippen LogP) is 8.59. The molecule has 2 aromatic rings. The monoisotopic (exact) mass is 728 g/mol. The summed E-state index contributed by atoms with van der Waals surface area (Å²) in [5, 5.41) is 3.61. The zero-order chi connectivity index (χ0) is 37.3. The maximum absolute atomic E-state index is 13.3. The van der Waals surface area contributed by atoms with E-state index >= 15 is 0 Å². The Balaban J connectivity index is 2.61. The highest BCUT2D eigenvalue weighted by Gasteiger charge is 2.41. The van der Waals surface area contributed by atoms with Crippen molar-refractivity contribution in [1.82, 2.24) is 10.6 Å². The van der Waals surface area contributed by atoms with E-state index in [4.69, 9.17) is 0 Å². The fourth-order valence-corrected chi connectivity index (χ4v) is 3.51. The third-order valence-corrected chi connectivity index (χ3v) is 5.66. The van der Waals surface area contributed by atoms with Crippen molar-refractivity contribution in [3.8, 4) is 0 Å². The summed E-state index contributed by atoms with van der Waals surface area (Å²) >= 11 is 0. The Hall–Kier alpha value is -4.40. The summed E-state index contributed by atoms with van der Waals surface area (Å²) in [4.78, 5) is 23.1. The lowest BCUT2D eigenvalue weighted by atomic mass is 10.0. The predicted molar refractivity (Wildman–Crippen MR) is 127 cm³/mol. The number of ketones is 2. The van der Waals surface area contributed by atoms with Crippen molar-refractivity contribution < 1.29 is 88.6 Å². The molecule has 0 saturated carbocycles. The number of hydrogen-bond acceptors (Lipinski definition) is 4. The van der Waals surface area contributed by atoms with Gasteiger partial charge in [0, 0.05) is 36.6 Å². The Kier molecular flexibility index (Phi) is 11.3. The van der Waals surface area contributed by atoms with E-state index in [0.717, 1.165) is 0 Å². The second kappa shape index (κ2) is 13.6. The number of halogens is 18. The molecule has 0 radical (unpaired) electrons. The normalized spacial score (nSPS) is 14.2. The molecule has 0 unspecified atom stereocenters. The Morgan fingerprint density at radius 2 is 0.667 bits per heavy atom. The molecule has 48 heavy (non-hydrogen) atoms. The molecule has 0 amide bonds. The maximum Gasteiger partial charge on any atom is 0.454 e. The molecule has 0 aliphatic rings. The first-order valence-corrected chi connectivity index (χ1v) is 12.1. The number of benzene rings is 2. The molecule has 0 atom stereocenters. The standard InChI is InChI=1S/C26H14F18N2O2/c27-21(28,29)13-3-11(4-14(7-13)22(30,31)32)17(9-19(47)25(39,40)41)45-1-2-46-18(10-20(48)26(42,43)44)12-5-15(23(33,34)35)8-16(6-12)24(36,37)38/h3-10,45-46H,1-2H2. The van der Waals surface area contributed by atoms with E-state index in [2.05, 4.69) is 0 Å². The summed E-state index contributed by atoms with van der Waals surface area (Å²) in [5.74, 6) is -5.66. The lowest BCUT2D eigenvalue weighted by molar-refractivity contribution is -0.165. The van der Waals surface area contributed by atoms with Gasteiger partial charge in [-0.25, -0.2) is 0 Å². The number of nitrogens with one attached hydrogen (secondary N) is 2. The molecule has 0 aliphatic heterocycles. The summed E-state index contributed by atoms with van der Waals surface area (Å²) in [6.07, 6.45) is -34.6. The lowest BCUT2D eigenvalue weighted by Gasteiger charge is -2.19. The van der Waals surface area contributed by atoms with Crippen LogP contribution < -0.4 is 10.6 Å². The Bertz CT molecular complexity index is 1390. The SMILES string of the molecule is O=C(C=C(NCCNC(=CC(=O)C(F)(F)F)c1cc(C(F)(F)F)cc(C(F)(F)F)c1)c1cc(C(F)(F)F)cc(C(F)(F)F)c1)C(F)(F)F. The van der Waals surface area contributed by atoms with Crippen LogP contribution in [-0.4, -0.2) is 37.0 Å². The van der Waals surface area contributed by atoms with Gasteiger partial charge in [-0.15, -0.1) is 0 Å². The summed E-state index contributed by atoms with van der Waals surface area (Å²) < 4.78 is 237. The zero-order valence-electron chi connectivity index (χ0n) is 22.7. The average molecular weight is 728 g/mol. The highest BCUT2D eigenvalue weighted by atomic mass is 19.4. The van der Waals surface area contributed by atoms with Gasteiger partial charge in [-0.3, -0.25) is 9.59 Å². The van der Waals surface area contributed by atoms with Crippen molar-refractivity contribution in [2.45, 2.75) is 37.1 Å². The van der Waals surface area contributed by atoms with Gasteiger partial charge in [0.25, 0.3) is 11.6 Å².